The van der Waals surface area contributed by atoms with Gasteiger partial charge in [-0.1, -0.05) is 63.6 Å². The number of aromatic nitrogens is 1. The summed E-state index contributed by atoms with van der Waals surface area (Å²) >= 11 is 1.85. The number of urea groups is 1. The number of hydrogen-bond acceptors (Lipinski definition) is 3. The van der Waals surface area contributed by atoms with Crippen LogP contribution >= 0.6 is 19.3 Å². The Morgan fingerprint density at radius 3 is 2.61 bits per heavy atom. The molecule has 2 aromatic carbocycles. The van der Waals surface area contributed by atoms with Crippen LogP contribution in [0.2, 0.25) is 0 Å². The monoisotopic (exact) mass is 451 g/mol. The van der Waals surface area contributed by atoms with E-state index in [1.165, 1.54) is 52.9 Å². The molecule has 0 bridgehead atoms. The van der Waals surface area contributed by atoms with Gasteiger partial charge in [0, 0.05) is 29.9 Å². The highest BCUT2D eigenvalue weighted by atomic mass is 32.1. The van der Waals surface area contributed by atoms with E-state index in [4.69, 9.17) is 4.98 Å². The molecule has 0 saturated heterocycles. The minimum absolute atomic E-state index is 0.184. The SMILES string of the molecule is CP(C)c1cc(NC(=O)NCc2ccccc2)ccc1-c1cnc(C2CCCCC2)s1. The van der Waals surface area contributed by atoms with Crippen molar-refractivity contribution in [2.75, 3.05) is 18.6 Å². The van der Waals surface area contributed by atoms with Crippen molar-refractivity contribution in [1.82, 2.24) is 10.3 Å². The molecule has 1 aromatic heterocycles. The van der Waals surface area contributed by atoms with Crippen molar-refractivity contribution in [1.29, 1.82) is 0 Å². The van der Waals surface area contributed by atoms with E-state index in [2.05, 4.69) is 36.1 Å². The fraction of sp³-hybridized carbons (Fsp3) is 0.360. The third-order valence-corrected chi connectivity index (χ3v) is 8.30. The van der Waals surface area contributed by atoms with Crippen molar-refractivity contribution in [3.8, 4) is 10.4 Å². The van der Waals surface area contributed by atoms with Gasteiger partial charge in [-0.05, 0) is 49.2 Å². The first-order valence-corrected chi connectivity index (χ1v) is 14.0. The summed E-state index contributed by atoms with van der Waals surface area (Å²) in [4.78, 5) is 18.4. The van der Waals surface area contributed by atoms with Crippen molar-refractivity contribution < 1.29 is 4.79 Å². The first-order chi connectivity index (χ1) is 15.1. The van der Waals surface area contributed by atoms with Gasteiger partial charge < -0.3 is 10.6 Å². The summed E-state index contributed by atoms with van der Waals surface area (Å²) in [5.41, 5.74) is 3.17. The summed E-state index contributed by atoms with van der Waals surface area (Å²) in [5.74, 6) is 0.634. The molecular formula is C25H30N3OPS. The summed E-state index contributed by atoms with van der Waals surface area (Å²) in [6.07, 6.45) is 8.61. The van der Waals surface area contributed by atoms with Crippen LogP contribution in [0.25, 0.3) is 10.4 Å². The number of nitrogens with zero attached hydrogens (tertiary/aromatic N) is 1. The van der Waals surface area contributed by atoms with Gasteiger partial charge in [-0.15, -0.1) is 11.3 Å². The zero-order valence-electron chi connectivity index (χ0n) is 18.2. The lowest BCUT2D eigenvalue weighted by Gasteiger charge is -2.19. The average Bonchev–Trinajstić information content (AvgIpc) is 3.29. The first-order valence-electron chi connectivity index (χ1n) is 11.0. The van der Waals surface area contributed by atoms with Gasteiger partial charge in [0.1, 0.15) is 0 Å². The summed E-state index contributed by atoms with van der Waals surface area (Å²) in [7, 11) is -0.323. The molecule has 2 amide bonds. The predicted octanol–water partition coefficient (Wildman–Crippen LogP) is 6.55. The normalized spacial score (nSPS) is 14.5. The molecule has 1 saturated carbocycles. The molecule has 4 nitrogen and oxygen atoms in total. The van der Waals surface area contributed by atoms with E-state index in [1.54, 1.807) is 0 Å². The van der Waals surface area contributed by atoms with E-state index in [1.807, 2.05) is 53.9 Å². The third kappa shape index (κ3) is 5.72. The number of carbonyl (C=O) groups excluding carboxylic acids is 1. The minimum atomic E-state index is -0.323. The summed E-state index contributed by atoms with van der Waals surface area (Å²) in [6.45, 7) is 5.03. The Kier molecular flexibility index (Phi) is 7.37. The largest absolute Gasteiger partial charge is 0.334 e. The second kappa shape index (κ2) is 10.4. The van der Waals surface area contributed by atoms with E-state index in [9.17, 15) is 4.79 Å². The van der Waals surface area contributed by atoms with Crippen LogP contribution in [0.3, 0.4) is 0 Å². The highest BCUT2D eigenvalue weighted by molar-refractivity contribution is 7.64. The smallest absolute Gasteiger partial charge is 0.319 e. The van der Waals surface area contributed by atoms with Gasteiger partial charge in [0.05, 0.1) is 9.88 Å². The number of rotatable bonds is 6. The molecular weight excluding hydrogens is 421 g/mol. The second-order valence-electron chi connectivity index (χ2n) is 8.32. The molecule has 0 spiro atoms. The Balaban J connectivity index is 1.46. The number of carbonyl (C=O) groups is 1. The molecule has 0 unspecified atom stereocenters. The topological polar surface area (TPSA) is 54.0 Å². The van der Waals surface area contributed by atoms with Crippen molar-refractivity contribution in [2.24, 2.45) is 0 Å². The molecule has 4 rings (SSSR count). The lowest BCUT2D eigenvalue weighted by atomic mass is 9.90. The zero-order chi connectivity index (χ0) is 21.6. The Labute approximate surface area is 190 Å². The summed E-state index contributed by atoms with van der Waals surface area (Å²) in [6, 6.07) is 16.0. The Morgan fingerprint density at radius 1 is 1.10 bits per heavy atom. The average molecular weight is 452 g/mol. The number of amides is 2. The highest BCUT2D eigenvalue weighted by Crippen LogP contribution is 2.39. The molecule has 0 aliphatic heterocycles. The van der Waals surface area contributed by atoms with Gasteiger partial charge in [-0.3, -0.25) is 0 Å². The van der Waals surface area contributed by atoms with Gasteiger partial charge >= 0.3 is 6.03 Å². The van der Waals surface area contributed by atoms with E-state index in [-0.39, 0.29) is 14.0 Å². The molecule has 162 valence electrons. The van der Waals surface area contributed by atoms with Crippen molar-refractivity contribution in [3.05, 3.63) is 65.3 Å². The molecule has 1 aliphatic rings. The van der Waals surface area contributed by atoms with E-state index in [0.717, 1.165) is 11.3 Å². The number of benzene rings is 2. The van der Waals surface area contributed by atoms with Crippen LogP contribution in [0.15, 0.2) is 54.7 Å². The molecule has 6 heteroatoms. The lowest BCUT2D eigenvalue weighted by Crippen LogP contribution is -2.28. The molecule has 31 heavy (non-hydrogen) atoms. The van der Waals surface area contributed by atoms with Gasteiger partial charge in [-0.25, -0.2) is 9.78 Å². The number of anilines is 1. The Hall–Kier alpha value is -2.23. The van der Waals surface area contributed by atoms with Crippen LogP contribution in [-0.4, -0.2) is 24.3 Å². The summed E-state index contributed by atoms with van der Waals surface area (Å²) < 4.78 is 0. The van der Waals surface area contributed by atoms with Crippen LogP contribution in [0.4, 0.5) is 10.5 Å². The Bertz CT molecular complexity index is 1010. The molecule has 0 radical (unpaired) electrons. The van der Waals surface area contributed by atoms with Crippen molar-refractivity contribution >= 4 is 36.3 Å². The fourth-order valence-electron chi connectivity index (χ4n) is 4.09. The maximum Gasteiger partial charge on any atom is 0.319 e. The first kappa shape index (κ1) is 22.0. The van der Waals surface area contributed by atoms with Crippen LogP contribution in [0.5, 0.6) is 0 Å². The standard InChI is InChI=1S/C25H30N3OPS/c1-30(2)22-15-20(28-25(29)27-16-18-9-5-3-6-10-18)13-14-21(22)23-17-26-24(31-23)19-11-7-4-8-12-19/h3,5-6,9-10,13-15,17,19H,4,7-8,11-12,16H2,1-2H3,(H2,27,28,29). The van der Waals surface area contributed by atoms with Crippen LogP contribution in [0, 0.1) is 0 Å². The summed E-state index contributed by atoms with van der Waals surface area (Å²) in [5, 5.41) is 8.51. The third-order valence-electron chi connectivity index (χ3n) is 5.78. The molecule has 1 heterocycles. The molecule has 1 aliphatic carbocycles. The van der Waals surface area contributed by atoms with E-state index >= 15 is 0 Å². The van der Waals surface area contributed by atoms with Crippen LogP contribution in [-0.2, 0) is 6.54 Å². The number of thiazole rings is 1. The van der Waals surface area contributed by atoms with Crippen LogP contribution < -0.4 is 15.9 Å². The maximum atomic E-state index is 12.4. The predicted molar refractivity (Wildman–Crippen MR) is 134 cm³/mol. The minimum Gasteiger partial charge on any atom is -0.334 e. The number of hydrogen-bond donors (Lipinski definition) is 2. The molecule has 1 fully saturated rings. The quantitative estimate of drug-likeness (QED) is 0.418. The van der Waals surface area contributed by atoms with Gasteiger partial charge in [-0.2, -0.15) is 0 Å². The zero-order valence-corrected chi connectivity index (χ0v) is 19.9. The second-order valence-corrected chi connectivity index (χ2v) is 11.7. The Morgan fingerprint density at radius 2 is 1.87 bits per heavy atom. The highest BCUT2D eigenvalue weighted by Gasteiger charge is 2.20. The van der Waals surface area contributed by atoms with Crippen LogP contribution in [0.1, 0.15) is 48.6 Å². The van der Waals surface area contributed by atoms with Gasteiger partial charge in [0.15, 0.2) is 0 Å². The fourth-order valence-corrected chi connectivity index (χ4v) is 6.37. The lowest BCUT2D eigenvalue weighted by molar-refractivity contribution is 0.251. The van der Waals surface area contributed by atoms with Gasteiger partial charge in [0.2, 0.25) is 0 Å². The molecule has 3 aromatic rings. The van der Waals surface area contributed by atoms with Gasteiger partial charge in [0.25, 0.3) is 0 Å². The number of nitrogens with one attached hydrogen (secondary N) is 2. The van der Waals surface area contributed by atoms with E-state index in [0.29, 0.717) is 12.5 Å². The van der Waals surface area contributed by atoms with E-state index < -0.39 is 0 Å². The van der Waals surface area contributed by atoms with Crippen molar-refractivity contribution in [3.63, 3.8) is 0 Å². The van der Waals surface area contributed by atoms with Crippen molar-refractivity contribution in [2.45, 2.75) is 44.6 Å². The maximum absolute atomic E-state index is 12.4. The molecule has 0 atom stereocenters. The molecule has 2 N–H and O–H groups in total.